The van der Waals surface area contributed by atoms with E-state index < -0.39 is 34.6 Å². The summed E-state index contributed by atoms with van der Waals surface area (Å²) < 4.78 is -0.729. The van der Waals surface area contributed by atoms with E-state index in [2.05, 4.69) is 13.5 Å². The quantitative estimate of drug-likeness (QED) is 0.339. The molecule has 2 amide bonds. The number of nitrogens with zero attached hydrogens (tertiary/aromatic N) is 2. The number of hydrogen-bond donors (Lipinski definition) is 2. The summed E-state index contributed by atoms with van der Waals surface area (Å²) in [7, 11) is 0. The first-order valence-electron chi connectivity index (χ1n) is 12.0. The van der Waals surface area contributed by atoms with Gasteiger partial charge in [0, 0.05) is 18.3 Å². The molecule has 0 aliphatic carbocycles. The largest absolute Gasteiger partial charge is 0.481 e. The molecule has 0 aromatic heterocycles. The summed E-state index contributed by atoms with van der Waals surface area (Å²) in [5.74, 6) is -2.84. The predicted molar refractivity (Wildman–Crippen MR) is 125 cm³/mol. The Morgan fingerprint density at radius 2 is 2.09 bits per heavy atom. The van der Waals surface area contributed by atoms with Crippen molar-refractivity contribution in [3.63, 3.8) is 0 Å². The molecule has 32 heavy (non-hydrogen) atoms. The van der Waals surface area contributed by atoms with Crippen LogP contribution in [0.2, 0.25) is 0 Å². The van der Waals surface area contributed by atoms with Gasteiger partial charge < -0.3 is 20.0 Å². The van der Waals surface area contributed by atoms with Crippen molar-refractivity contribution in [1.82, 2.24) is 9.80 Å². The average Bonchev–Trinajstić information content (AvgIpc) is 3.41. The van der Waals surface area contributed by atoms with Gasteiger partial charge in [-0.2, -0.15) is 0 Å². The molecule has 1 spiro atoms. The molecule has 3 aliphatic heterocycles. The number of rotatable bonds is 12. The number of aliphatic hydroxyl groups is 1. The Balaban J connectivity index is 2.05. The molecular weight excluding hydrogens is 428 g/mol. The second-order valence-corrected chi connectivity index (χ2v) is 11.2. The predicted octanol–water partition coefficient (Wildman–Crippen LogP) is 2.77. The minimum Gasteiger partial charge on any atom is -0.481 e. The van der Waals surface area contributed by atoms with Gasteiger partial charge in [0.15, 0.2) is 0 Å². The molecule has 2 unspecified atom stereocenters. The molecule has 8 heteroatoms. The standard InChI is InChI=1S/C24H38N2O5S/c1-5-8-9-13-25(12-6-2)22(29)20-24-11-10-17(32-24)18(23(30)31)19(24)21(28)26(20)16(14-27)15(4)7-3/h6,15-20,27H,2,5,7-14H2,1,3-4H3,(H,30,31)/t15-,16-,17+,18-,19-,20?,24?/m0/s1. The number of aliphatic hydroxyl groups excluding tert-OH is 1. The lowest BCUT2D eigenvalue weighted by molar-refractivity contribution is -0.150. The third-order valence-corrected chi connectivity index (χ3v) is 9.75. The fourth-order valence-corrected chi connectivity index (χ4v) is 8.19. The monoisotopic (exact) mass is 466 g/mol. The third-order valence-electron chi connectivity index (χ3n) is 7.80. The summed E-state index contributed by atoms with van der Waals surface area (Å²) in [4.78, 5) is 43.4. The molecule has 2 bridgehead atoms. The van der Waals surface area contributed by atoms with E-state index in [4.69, 9.17) is 0 Å². The van der Waals surface area contributed by atoms with Gasteiger partial charge in [0.2, 0.25) is 11.8 Å². The third kappa shape index (κ3) is 3.98. The van der Waals surface area contributed by atoms with Gasteiger partial charge in [-0.05, 0) is 25.2 Å². The van der Waals surface area contributed by atoms with Crippen molar-refractivity contribution in [2.45, 2.75) is 81.4 Å². The molecule has 7 atom stereocenters. The van der Waals surface area contributed by atoms with E-state index in [1.807, 2.05) is 13.8 Å². The lowest BCUT2D eigenvalue weighted by Crippen LogP contribution is -2.58. The molecular formula is C24H38N2O5S. The van der Waals surface area contributed by atoms with Crippen LogP contribution in [-0.2, 0) is 14.4 Å². The molecule has 3 rings (SSSR count). The maximum atomic E-state index is 14.1. The highest BCUT2D eigenvalue weighted by molar-refractivity contribution is 8.02. The maximum Gasteiger partial charge on any atom is 0.308 e. The van der Waals surface area contributed by atoms with Crippen LogP contribution in [0.4, 0.5) is 0 Å². The number of carboxylic acids is 1. The summed E-state index contributed by atoms with van der Waals surface area (Å²) in [6.45, 7) is 10.6. The summed E-state index contributed by atoms with van der Waals surface area (Å²) in [6.07, 6.45) is 6.73. The van der Waals surface area contributed by atoms with Crippen molar-refractivity contribution in [1.29, 1.82) is 0 Å². The maximum absolute atomic E-state index is 14.1. The summed E-state index contributed by atoms with van der Waals surface area (Å²) in [5, 5.41) is 20.1. The minimum absolute atomic E-state index is 0.00657. The first-order chi connectivity index (χ1) is 15.3. The van der Waals surface area contributed by atoms with Crippen LogP contribution in [0.1, 0.15) is 59.3 Å². The van der Waals surface area contributed by atoms with E-state index in [1.165, 1.54) is 0 Å². The number of aliphatic carboxylic acids is 1. The zero-order valence-corrected chi connectivity index (χ0v) is 20.4. The van der Waals surface area contributed by atoms with Crippen LogP contribution in [0.25, 0.3) is 0 Å². The van der Waals surface area contributed by atoms with Crippen LogP contribution in [-0.4, -0.2) is 79.6 Å². The molecule has 3 saturated heterocycles. The second kappa shape index (κ2) is 10.2. The van der Waals surface area contributed by atoms with Gasteiger partial charge in [0.05, 0.1) is 29.2 Å². The topological polar surface area (TPSA) is 98.2 Å². The molecule has 0 aromatic carbocycles. The first-order valence-corrected chi connectivity index (χ1v) is 12.9. The number of hydrogen-bond acceptors (Lipinski definition) is 5. The smallest absolute Gasteiger partial charge is 0.308 e. The first kappa shape index (κ1) is 25.1. The number of thioether (sulfide) groups is 1. The number of carbonyl (C=O) groups is 3. The van der Waals surface area contributed by atoms with Crippen LogP contribution in [0.15, 0.2) is 12.7 Å². The Hall–Kier alpha value is -1.54. The Kier molecular flexibility index (Phi) is 7.97. The van der Waals surface area contributed by atoms with Crippen LogP contribution in [0.5, 0.6) is 0 Å². The highest BCUT2D eigenvalue weighted by Crippen LogP contribution is 2.66. The molecule has 3 heterocycles. The van der Waals surface area contributed by atoms with Gasteiger partial charge in [0.1, 0.15) is 6.04 Å². The van der Waals surface area contributed by atoms with Crippen LogP contribution >= 0.6 is 11.8 Å². The second-order valence-electron chi connectivity index (χ2n) is 9.56. The van der Waals surface area contributed by atoms with Gasteiger partial charge in [-0.15, -0.1) is 18.3 Å². The van der Waals surface area contributed by atoms with Crippen molar-refractivity contribution in [2.75, 3.05) is 19.7 Å². The van der Waals surface area contributed by atoms with Crippen LogP contribution in [0.3, 0.4) is 0 Å². The zero-order chi connectivity index (χ0) is 23.6. The van der Waals surface area contributed by atoms with E-state index in [9.17, 15) is 24.6 Å². The minimum atomic E-state index is -0.953. The molecule has 180 valence electrons. The van der Waals surface area contributed by atoms with Gasteiger partial charge in [-0.25, -0.2) is 0 Å². The van der Waals surface area contributed by atoms with E-state index in [1.54, 1.807) is 27.6 Å². The molecule has 7 nitrogen and oxygen atoms in total. The van der Waals surface area contributed by atoms with E-state index in [0.29, 0.717) is 25.9 Å². The average molecular weight is 467 g/mol. The number of amides is 2. The lowest BCUT2D eigenvalue weighted by Gasteiger charge is -2.41. The molecule has 3 fully saturated rings. The number of carboxylic acid groups (broad SMARTS) is 1. The fraction of sp³-hybridized carbons (Fsp3) is 0.792. The zero-order valence-electron chi connectivity index (χ0n) is 19.5. The van der Waals surface area contributed by atoms with Gasteiger partial charge in [-0.3, -0.25) is 14.4 Å². The number of carbonyl (C=O) groups excluding carboxylic acids is 2. The summed E-state index contributed by atoms with van der Waals surface area (Å²) in [6, 6.07) is -1.25. The van der Waals surface area contributed by atoms with Crippen molar-refractivity contribution in [3.05, 3.63) is 12.7 Å². The summed E-state index contributed by atoms with van der Waals surface area (Å²) in [5.41, 5.74) is 0. The molecule has 2 N–H and O–H groups in total. The van der Waals surface area contributed by atoms with Gasteiger partial charge in [0.25, 0.3) is 0 Å². The SMILES string of the molecule is C=CCN(CCCCC)C(=O)C1N([C@@H](CO)[C@@H](C)CC)C(=O)[C@@H]2[C@@H](C(=O)O)[C@H]3CCC12S3. The number of fused-ring (bicyclic) bond motifs is 1. The Labute approximate surface area is 195 Å². The van der Waals surface area contributed by atoms with Crippen LogP contribution in [0, 0.1) is 17.8 Å². The molecule has 0 saturated carbocycles. The highest BCUT2D eigenvalue weighted by Gasteiger charge is 2.74. The Morgan fingerprint density at radius 3 is 2.66 bits per heavy atom. The highest BCUT2D eigenvalue weighted by atomic mass is 32.2. The van der Waals surface area contributed by atoms with E-state index in [0.717, 1.165) is 25.7 Å². The van der Waals surface area contributed by atoms with Gasteiger partial charge in [-0.1, -0.05) is 46.1 Å². The normalized spacial score (nSPS) is 32.6. The fourth-order valence-electron chi connectivity index (χ4n) is 6.00. The number of likely N-dealkylation sites (tertiary alicyclic amines) is 1. The summed E-state index contributed by atoms with van der Waals surface area (Å²) >= 11 is 1.54. The van der Waals surface area contributed by atoms with Gasteiger partial charge >= 0.3 is 5.97 Å². The van der Waals surface area contributed by atoms with Crippen LogP contribution < -0.4 is 0 Å². The molecule has 0 radical (unpaired) electrons. The number of unbranched alkanes of at least 4 members (excludes halogenated alkanes) is 2. The van der Waals surface area contributed by atoms with Crippen molar-refractivity contribution >= 4 is 29.5 Å². The Morgan fingerprint density at radius 1 is 1.38 bits per heavy atom. The van der Waals surface area contributed by atoms with Crippen molar-refractivity contribution in [3.8, 4) is 0 Å². The van der Waals surface area contributed by atoms with Crippen molar-refractivity contribution < 1.29 is 24.6 Å². The van der Waals surface area contributed by atoms with E-state index >= 15 is 0 Å². The van der Waals surface area contributed by atoms with Crippen molar-refractivity contribution in [2.24, 2.45) is 17.8 Å². The Bertz CT molecular complexity index is 746. The molecule has 0 aromatic rings. The molecule has 3 aliphatic rings. The lowest BCUT2D eigenvalue weighted by atomic mass is 9.71. The van der Waals surface area contributed by atoms with E-state index in [-0.39, 0.29) is 29.6 Å².